The third kappa shape index (κ3) is 5.31. The monoisotopic (exact) mass is 267 g/mol. The number of halogens is 1. The largest absolute Gasteiger partial charge is 0.478 e. The van der Waals surface area contributed by atoms with Crippen molar-refractivity contribution in [3.63, 3.8) is 0 Å². The number of hydrogen-bond acceptors (Lipinski definition) is 3. The molecule has 0 spiro atoms. The van der Waals surface area contributed by atoms with E-state index < -0.39 is 11.8 Å². The van der Waals surface area contributed by atoms with Crippen molar-refractivity contribution in [2.75, 3.05) is 18.5 Å². The van der Waals surface area contributed by atoms with Crippen LogP contribution in [0.5, 0.6) is 0 Å². The van der Waals surface area contributed by atoms with Crippen LogP contribution in [0.4, 0.5) is 10.1 Å². The van der Waals surface area contributed by atoms with Gasteiger partial charge in [0.2, 0.25) is 5.91 Å². The molecular formula is C13H14FNO4. The van der Waals surface area contributed by atoms with E-state index in [2.05, 4.69) is 5.32 Å². The molecule has 5 nitrogen and oxygen atoms in total. The van der Waals surface area contributed by atoms with E-state index in [0.717, 1.165) is 18.2 Å². The van der Waals surface area contributed by atoms with E-state index >= 15 is 0 Å². The van der Waals surface area contributed by atoms with Gasteiger partial charge in [-0.3, -0.25) is 4.79 Å². The maximum atomic E-state index is 13.4. The summed E-state index contributed by atoms with van der Waals surface area (Å²) >= 11 is 0. The first-order valence-corrected chi connectivity index (χ1v) is 5.61. The number of amides is 1. The van der Waals surface area contributed by atoms with Crippen molar-refractivity contribution in [1.29, 1.82) is 0 Å². The molecule has 1 amide bonds. The molecule has 0 unspecified atom stereocenters. The number of ether oxygens (including phenoxy) is 1. The van der Waals surface area contributed by atoms with E-state index in [9.17, 15) is 14.0 Å². The number of hydrogen-bond donors (Lipinski definition) is 2. The summed E-state index contributed by atoms with van der Waals surface area (Å²) in [7, 11) is 0. The predicted octanol–water partition coefficient (Wildman–Crippen LogP) is 1.90. The van der Waals surface area contributed by atoms with Crippen LogP contribution < -0.4 is 5.32 Å². The number of carboxylic acids is 1. The normalized spacial score (nSPS) is 10.6. The van der Waals surface area contributed by atoms with Gasteiger partial charge in [-0.05, 0) is 31.2 Å². The second-order valence-electron chi connectivity index (χ2n) is 3.59. The average Bonchev–Trinajstić information content (AvgIpc) is 2.37. The second-order valence-corrected chi connectivity index (χ2v) is 3.59. The van der Waals surface area contributed by atoms with Gasteiger partial charge in [0.25, 0.3) is 0 Å². The number of aliphatic carboxylic acids is 1. The second kappa shape index (κ2) is 7.27. The Balaban J connectivity index is 2.78. The SMILES string of the molecule is CCOCC(=O)Nc1ccc(F)c(/C=C/C(=O)O)c1. The van der Waals surface area contributed by atoms with Gasteiger partial charge in [-0.2, -0.15) is 0 Å². The first-order valence-electron chi connectivity index (χ1n) is 5.61. The molecule has 0 heterocycles. The molecule has 0 aliphatic rings. The lowest BCUT2D eigenvalue weighted by Crippen LogP contribution is -2.18. The lowest BCUT2D eigenvalue weighted by Gasteiger charge is -2.06. The van der Waals surface area contributed by atoms with E-state index in [4.69, 9.17) is 9.84 Å². The molecular weight excluding hydrogens is 253 g/mol. The van der Waals surface area contributed by atoms with Crippen LogP contribution in [0.15, 0.2) is 24.3 Å². The Morgan fingerprint density at radius 2 is 2.21 bits per heavy atom. The summed E-state index contributed by atoms with van der Waals surface area (Å²) in [6.07, 6.45) is 1.94. The van der Waals surface area contributed by atoms with Crippen molar-refractivity contribution in [1.82, 2.24) is 0 Å². The number of anilines is 1. The molecule has 6 heteroatoms. The highest BCUT2D eigenvalue weighted by atomic mass is 19.1. The molecule has 0 aliphatic heterocycles. The fourth-order valence-corrected chi connectivity index (χ4v) is 1.30. The van der Waals surface area contributed by atoms with Crippen LogP contribution in [-0.4, -0.2) is 30.2 Å². The zero-order valence-electron chi connectivity index (χ0n) is 10.4. The number of carbonyl (C=O) groups excluding carboxylic acids is 1. The molecule has 1 aromatic carbocycles. The summed E-state index contributed by atoms with van der Waals surface area (Å²) in [5.74, 6) is -2.10. The Morgan fingerprint density at radius 1 is 1.47 bits per heavy atom. The number of nitrogens with one attached hydrogen (secondary N) is 1. The van der Waals surface area contributed by atoms with Gasteiger partial charge < -0.3 is 15.2 Å². The summed E-state index contributed by atoms with van der Waals surface area (Å²) in [5, 5.41) is 11.0. The minimum Gasteiger partial charge on any atom is -0.478 e. The molecule has 2 N–H and O–H groups in total. The molecule has 0 saturated carbocycles. The summed E-state index contributed by atoms with van der Waals surface area (Å²) in [5.41, 5.74) is 0.452. The van der Waals surface area contributed by atoms with Crippen LogP contribution in [0.1, 0.15) is 12.5 Å². The highest BCUT2D eigenvalue weighted by Crippen LogP contribution is 2.16. The highest BCUT2D eigenvalue weighted by molar-refractivity contribution is 5.92. The first kappa shape index (κ1) is 14.8. The van der Waals surface area contributed by atoms with Gasteiger partial charge in [-0.25, -0.2) is 9.18 Å². The quantitative estimate of drug-likeness (QED) is 0.772. The Hall–Kier alpha value is -2.21. The zero-order valence-corrected chi connectivity index (χ0v) is 10.4. The van der Waals surface area contributed by atoms with Gasteiger partial charge in [0.15, 0.2) is 0 Å². The van der Waals surface area contributed by atoms with E-state index in [1.165, 1.54) is 12.1 Å². The standard InChI is InChI=1S/C13H14FNO4/c1-2-19-8-12(16)15-10-4-5-11(14)9(7-10)3-6-13(17)18/h3-7H,2,8H2,1H3,(H,15,16)(H,17,18)/b6-3+. The van der Waals surface area contributed by atoms with Crippen LogP contribution in [0.3, 0.4) is 0 Å². The van der Waals surface area contributed by atoms with Gasteiger partial charge in [-0.1, -0.05) is 0 Å². The van der Waals surface area contributed by atoms with Gasteiger partial charge in [0.1, 0.15) is 12.4 Å². The van der Waals surface area contributed by atoms with Crippen LogP contribution in [0.2, 0.25) is 0 Å². The maximum absolute atomic E-state index is 13.4. The van der Waals surface area contributed by atoms with Crippen LogP contribution in [0.25, 0.3) is 6.08 Å². The van der Waals surface area contributed by atoms with Crippen LogP contribution in [-0.2, 0) is 14.3 Å². The predicted molar refractivity (Wildman–Crippen MR) is 68.2 cm³/mol. The number of carbonyl (C=O) groups is 2. The minimum atomic E-state index is -1.18. The molecule has 0 radical (unpaired) electrons. The van der Waals surface area contributed by atoms with Gasteiger partial charge in [-0.15, -0.1) is 0 Å². The maximum Gasteiger partial charge on any atom is 0.328 e. The topological polar surface area (TPSA) is 75.6 Å². The van der Waals surface area contributed by atoms with Crippen LogP contribution >= 0.6 is 0 Å². The summed E-state index contributed by atoms with van der Waals surface area (Å²) < 4.78 is 18.3. The molecule has 0 aliphatic carbocycles. The van der Waals surface area contributed by atoms with E-state index in [1.54, 1.807) is 6.92 Å². The number of rotatable bonds is 6. The van der Waals surface area contributed by atoms with E-state index in [0.29, 0.717) is 12.3 Å². The fourth-order valence-electron chi connectivity index (χ4n) is 1.30. The van der Waals surface area contributed by atoms with Gasteiger partial charge >= 0.3 is 5.97 Å². The Labute approximate surface area is 109 Å². The zero-order chi connectivity index (χ0) is 14.3. The number of benzene rings is 1. The van der Waals surface area contributed by atoms with Crippen molar-refractivity contribution in [3.8, 4) is 0 Å². The van der Waals surface area contributed by atoms with E-state index in [1.807, 2.05) is 0 Å². The fraction of sp³-hybridized carbons (Fsp3) is 0.231. The van der Waals surface area contributed by atoms with Gasteiger partial charge in [0.05, 0.1) is 0 Å². The molecule has 0 atom stereocenters. The molecule has 0 saturated heterocycles. The first-order chi connectivity index (χ1) is 9.02. The van der Waals surface area contributed by atoms with Crippen molar-refractivity contribution in [2.45, 2.75) is 6.92 Å². The summed E-state index contributed by atoms with van der Waals surface area (Å²) in [6.45, 7) is 2.09. The molecule has 19 heavy (non-hydrogen) atoms. The van der Waals surface area contributed by atoms with Crippen LogP contribution in [0, 0.1) is 5.82 Å². The Morgan fingerprint density at radius 3 is 2.84 bits per heavy atom. The van der Waals surface area contributed by atoms with Gasteiger partial charge in [0, 0.05) is 23.9 Å². The van der Waals surface area contributed by atoms with Crippen molar-refractivity contribution < 1.29 is 23.8 Å². The molecule has 0 fully saturated rings. The summed E-state index contributed by atoms with van der Waals surface area (Å²) in [4.78, 5) is 21.8. The molecule has 102 valence electrons. The average molecular weight is 267 g/mol. The van der Waals surface area contributed by atoms with Crippen molar-refractivity contribution >= 4 is 23.6 Å². The number of carboxylic acid groups (broad SMARTS) is 1. The Kier molecular flexibility index (Phi) is 5.69. The highest BCUT2D eigenvalue weighted by Gasteiger charge is 2.05. The smallest absolute Gasteiger partial charge is 0.328 e. The molecule has 1 rings (SSSR count). The summed E-state index contributed by atoms with van der Waals surface area (Å²) in [6, 6.07) is 3.88. The van der Waals surface area contributed by atoms with E-state index in [-0.39, 0.29) is 18.1 Å². The Bertz CT molecular complexity index is 499. The van der Waals surface area contributed by atoms with Crippen molar-refractivity contribution in [2.24, 2.45) is 0 Å². The third-order valence-electron chi connectivity index (χ3n) is 2.12. The molecule has 0 aromatic heterocycles. The third-order valence-corrected chi connectivity index (χ3v) is 2.12. The minimum absolute atomic E-state index is 0.0802. The van der Waals surface area contributed by atoms with Crippen molar-refractivity contribution in [3.05, 3.63) is 35.7 Å². The molecule has 0 bridgehead atoms. The lowest BCUT2D eigenvalue weighted by molar-refractivity contribution is -0.131. The lowest BCUT2D eigenvalue weighted by atomic mass is 10.1. The molecule has 1 aromatic rings.